The second-order valence-corrected chi connectivity index (χ2v) is 10.7. The fourth-order valence-corrected chi connectivity index (χ4v) is 5.41. The Hall–Kier alpha value is -5.15. The Bertz CT molecular complexity index is 1820. The highest BCUT2D eigenvalue weighted by Gasteiger charge is 2.27. The van der Waals surface area contributed by atoms with Crippen molar-refractivity contribution in [2.24, 2.45) is 0 Å². The van der Waals surface area contributed by atoms with Crippen molar-refractivity contribution >= 4 is 16.8 Å². The van der Waals surface area contributed by atoms with E-state index in [1.165, 1.54) is 0 Å². The van der Waals surface area contributed by atoms with E-state index in [-0.39, 0.29) is 18.1 Å². The number of para-hydroxylation sites is 1. The van der Waals surface area contributed by atoms with Crippen LogP contribution in [-0.2, 0) is 22.6 Å². The second-order valence-electron chi connectivity index (χ2n) is 10.7. The van der Waals surface area contributed by atoms with Gasteiger partial charge in [-0.25, -0.2) is 4.98 Å². The van der Waals surface area contributed by atoms with Gasteiger partial charge in [-0.1, -0.05) is 48.5 Å². The molecule has 238 valence electrons. The minimum atomic E-state index is -0.586. The fraction of sp³-hybridized carbons (Fsp3) is 0.270. The highest BCUT2D eigenvalue weighted by molar-refractivity contribution is 5.79. The summed E-state index contributed by atoms with van der Waals surface area (Å²) in [4.78, 5) is 34.7. The molecule has 1 atom stereocenters. The van der Waals surface area contributed by atoms with Gasteiger partial charge in [0.1, 0.15) is 18.2 Å². The molecule has 0 bridgehead atoms. The molecule has 0 saturated heterocycles. The molecule has 5 rings (SSSR count). The molecule has 1 aromatic heterocycles. The van der Waals surface area contributed by atoms with Crippen molar-refractivity contribution in [3.8, 4) is 22.9 Å². The van der Waals surface area contributed by atoms with Crippen molar-refractivity contribution in [1.29, 1.82) is 0 Å². The van der Waals surface area contributed by atoms with E-state index in [1.54, 1.807) is 29.8 Å². The maximum atomic E-state index is 14.0. The first kappa shape index (κ1) is 32.2. The lowest BCUT2D eigenvalue weighted by atomic mass is 10.1. The van der Waals surface area contributed by atoms with Gasteiger partial charge in [0, 0.05) is 6.54 Å². The predicted octanol–water partition coefficient (Wildman–Crippen LogP) is 6.15. The van der Waals surface area contributed by atoms with Gasteiger partial charge in [0.2, 0.25) is 5.91 Å². The molecule has 9 nitrogen and oxygen atoms in total. The molecule has 1 unspecified atom stereocenters. The summed E-state index contributed by atoms with van der Waals surface area (Å²) in [7, 11) is 3.19. The summed E-state index contributed by atoms with van der Waals surface area (Å²) in [5.41, 5.74) is 2.90. The van der Waals surface area contributed by atoms with Gasteiger partial charge in [0.15, 0.2) is 11.5 Å². The minimum absolute atomic E-state index is 0.133. The standard InChI is InChI=1S/C37H39N3O6/c1-5-46-30-18-16-29(17-19-30)40-36(38-32-14-10-9-13-31(32)37(40)42)26(2)39(35(41)25-45-24-28-11-7-6-8-12-28)22-21-27-15-20-33(43-3)34(23-27)44-4/h6-20,23,26H,5,21-22,24-25H2,1-4H3. The number of amides is 1. The molecule has 0 aliphatic heterocycles. The lowest BCUT2D eigenvalue weighted by molar-refractivity contribution is -0.139. The van der Waals surface area contributed by atoms with Crippen LogP contribution in [-0.4, -0.2) is 54.3 Å². The highest BCUT2D eigenvalue weighted by atomic mass is 16.5. The second kappa shape index (κ2) is 15.2. The fourth-order valence-electron chi connectivity index (χ4n) is 5.41. The number of ether oxygens (including phenoxy) is 4. The Labute approximate surface area is 268 Å². The van der Waals surface area contributed by atoms with Crippen molar-refractivity contribution in [2.75, 3.05) is 34.0 Å². The zero-order valence-electron chi connectivity index (χ0n) is 26.6. The summed E-state index contributed by atoms with van der Waals surface area (Å²) >= 11 is 0. The molecule has 0 N–H and O–H groups in total. The van der Waals surface area contributed by atoms with Gasteiger partial charge in [-0.3, -0.25) is 14.2 Å². The van der Waals surface area contributed by atoms with E-state index < -0.39 is 6.04 Å². The third-order valence-corrected chi connectivity index (χ3v) is 7.80. The van der Waals surface area contributed by atoms with Crippen LogP contribution in [0.5, 0.6) is 17.2 Å². The molecular weight excluding hydrogens is 582 g/mol. The Kier molecular flexibility index (Phi) is 10.7. The first-order valence-electron chi connectivity index (χ1n) is 15.3. The Balaban J connectivity index is 1.52. The average Bonchev–Trinajstić information content (AvgIpc) is 3.09. The van der Waals surface area contributed by atoms with Crippen LogP contribution in [0.2, 0.25) is 0 Å². The maximum Gasteiger partial charge on any atom is 0.266 e. The molecule has 0 radical (unpaired) electrons. The summed E-state index contributed by atoms with van der Waals surface area (Å²) < 4.78 is 24.0. The van der Waals surface area contributed by atoms with Gasteiger partial charge in [-0.15, -0.1) is 0 Å². The molecule has 9 heteroatoms. The molecule has 4 aromatic carbocycles. The normalized spacial score (nSPS) is 11.7. The van der Waals surface area contributed by atoms with E-state index in [1.807, 2.05) is 105 Å². The third-order valence-electron chi connectivity index (χ3n) is 7.80. The number of hydrogen-bond donors (Lipinski definition) is 0. The van der Waals surface area contributed by atoms with E-state index in [9.17, 15) is 9.59 Å². The van der Waals surface area contributed by atoms with Crippen molar-refractivity contribution in [2.45, 2.75) is 32.9 Å². The largest absolute Gasteiger partial charge is 0.494 e. The number of aromatic nitrogens is 2. The summed E-state index contributed by atoms with van der Waals surface area (Å²) in [6.45, 7) is 4.86. The molecular formula is C37H39N3O6. The van der Waals surface area contributed by atoms with Crippen LogP contribution in [0.4, 0.5) is 0 Å². The Morgan fingerprint density at radius 2 is 1.59 bits per heavy atom. The van der Waals surface area contributed by atoms with Gasteiger partial charge in [-0.2, -0.15) is 0 Å². The predicted molar refractivity (Wildman–Crippen MR) is 178 cm³/mol. The topological polar surface area (TPSA) is 92.1 Å². The molecule has 0 saturated carbocycles. The number of nitrogens with zero attached hydrogens (tertiary/aromatic N) is 3. The molecule has 0 fully saturated rings. The van der Waals surface area contributed by atoms with E-state index in [2.05, 4.69) is 0 Å². The maximum absolute atomic E-state index is 14.0. The number of fused-ring (bicyclic) bond motifs is 1. The van der Waals surface area contributed by atoms with Crippen LogP contribution in [0.3, 0.4) is 0 Å². The van der Waals surface area contributed by atoms with Crippen LogP contribution in [0.1, 0.15) is 36.8 Å². The monoisotopic (exact) mass is 621 g/mol. The number of hydrogen-bond acceptors (Lipinski definition) is 7. The van der Waals surface area contributed by atoms with Gasteiger partial charge in [-0.05, 0) is 79.9 Å². The number of methoxy groups -OCH3 is 2. The quantitative estimate of drug-likeness (QED) is 0.147. The first-order valence-corrected chi connectivity index (χ1v) is 15.3. The lowest BCUT2D eigenvalue weighted by Gasteiger charge is -2.31. The van der Waals surface area contributed by atoms with Crippen molar-refractivity contribution in [3.05, 3.63) is 124 Å². The van der Waals surface area contributed by atoms with Gasteiger partial charge in [0.05, 0.1) is 50.1 Å². The van der Waals surface area contributed by atoms with Gasteiger partial charge < -0.3 is 23.8 Å². The Morgan fingerprint density at radius 3 is 2.30 bits per heavy atom. The van der Waals surface area contributed by atoms with Crippen LogP contribution < -0.4 is 19.8 Å². The smallest absolute Gasteiger partial charge is 0.266 e. The van der Waals surface area contributed by atoms with Crippen LogP contribution in [0.15, 0.2) is 102 Å². The SMILES string of the molecule is CCOc1ccc(-n2c(C(C)N(CCc3ccc(OC)c(OC)c3)C(=O)COCc3ccccc3)nc3ccccc3c2=O)cc1. The van der Waals surface area contributed by atoms with E-state index in [4.69, 9.17) is 23.9 Å². The molecule has 1 heterocycles. The summed E-state index contributed by atoms with van der Waals surface area (Å²) in [5.74, 6) is 2.16. The average molecular weight is 622 g/mol. The number of rotatable bonds is 14. The van der Waals surface area contributed by atoms with E-state index in [0.29, 0.717) is 65.8 Å². The summed E-state index contributed by atoms with van der Waals surface area (Å²) in [5, 5.41) is 0.488. The zero-order chi connectivity index (χ0) is 32.5. The van der Waals surface area contributed by atoms with Crippen LogP contribution >= 0.6 is 0 Å². The molecule has 46 heavy (non-hydrogen) atoms. The summed E-state index contributed by atoms with van der Waals surface area (Å²) in [6.07, 6.45) is 0.524. The van der Waals surface area contributed by atoms with Gasteiger partial charge in [0.25, 0.3) is 5.56 Å². The molecule has 5 aromatic rings. The van der Waals surface area contributed by atoms with Crippen LogP contribution in [0, 0.1) is 0 Å². The molecule has 0 aliphatic carbocycles. The first-order chi connectivity index (χ1) is 22.4. The number of carbonyl (C=O) groups excluding carboxylic acids is 1. The minimum Gasteiger partial charge on any atom is -0.494 e. The zero-order valence-corrected chi connectivity index (χ0v) is 26.6. The van der Waals surface area contributed by atoms with Crippen molar-refractivity contribution in [3.63, 3.8) is 0 Å². The van der Waals surface area contributed by atoms with Crippen molar-refractivity contribution < 1.29 is 23.7 Å². The lowest BCUT2D eigenvalue weighted by Crippen LogP contribution is -2.40. The highest BCUT2D eigenvalue weighted by Crippen LogP contribution is 2.29. The van der Waals surface area contributed by atoms with Crippen LogP contribution in [0.25, 0.3) is 16.6 Å². The van der Waals surface area contributed by atoms with E-state index >= 15 is 0 Å². The number of benzene rings is 4. The molecule has 1 amide bonds. The van der Waals surface area contributed by atoms with E-state index in [0.717, 1.165) is 11.1 Å². The van der Waals surface area contributed by atoms with Crippen molar-refractivity contribution in [1.82, 2.24) is 14.5 Å². The van der Waals surface area contributed by atoms with Gasteiger partial charge >= 0.3 is 0 Å². The summed E-state index contributed by atoms with van der Waals surface area (Å²) in [6, 6.07) is 29.4. The molecule has 0 spiro atoms. The third kappa shape index (κ3) is 7.38. The Morgan fingerprint density at radius 1 is 0.870 bits per heavy atom. The number of carbonyl (C=O) groups is 1. The molecule has 0 aliphatic rings.